The van der Waals surface area contributed by atoms with E-state index in [-0.39, 0.29) is 11.6 Å². The number of rotatable bonds is 3. The molecule has 0 bridgehead atoms. The van der Waals surface area contributed by atoms with Gasteiger partial charge in [0.25, 0.3) is 5.91 Å². The third kappa shape index (κ3) is 3.06. The number of anilines is 1. The molecule has 0 fully saturated rings. The largest absolute Gasteiger partial charge is 0.345 e. The van der Waals surface area contributed by atoms with Crippen molar-refractivity contribution in [1.82, 2.24) is 4.90 Å². The summed E-state index contributed by atoms with van der Waals surface area (Å²) in [7, 11) is 3.27. The minimum Gasteiger partial charge on any atom is -0.345 e. The molecule has 0 aliphatic rings. The second kappa shape index (κ2) is 6.02. The fraction of sp³-hybridized carbons (Fsp3) is 0.167. The number of amides is 1. The standard InChI is InChI=1S/C12H11N5O/c1-17(2)12(18)10-5-3-4-6-11(10)16-15-9(7-13)8-14/h3-6,16H,1-2H3. The minimum atomic E-state index is -0.304. The molecule has 0 atom stereocenters. The third-order valence-corrected chi connectivity index (χ3v) is 2.06. The maximum Gasteiger partial charge on any atom is 0.255 e. The lowest BCUT2D eigenvalue weighted by Gasteiger charge is -2.13. The summed E-state index contributed by atoms with van der Waals surface area (Å²) < 4.78 is 0. The van der Waals surface area contributed by atoms with Crippen molar-refractivity contribution in [1.29, 1.82) is 10.5 Å². The lowest BCUT2D eigenvalue weighted by Crippen LogP contribution is -2.22. The van der Waals surface area contributed by atoms with Crippen LogP contribution in [0, 0.1) is 22.7 Å². The molecule has 18 heavy (non-hydrogen) atoms. The van der Waals surface area contributed by atoms with E-state index in [1.54, 1.807) is 50.5 Å². The summed E-state index contributed by atoms with van der Waals surface area (Å²) in [6.45, 7) is 0. The first-order chi connectivity index (χ1) is 8.60. The van der Waals surface area contributed by atoms with Crippen LogP contribution in [0.25, 0.3) is 0 Å². The average Bonchev–Trinajstić information content (AvgIpc) is 2.39. The van der Waals surface area contributed by atoms with Crippen molar-refractivity contribution in [2.24, 2.45) is 5.10 Å². The molecule has 0 aromatic heterocycles. The molecule has 0 radical (unpaired) electrons. The van der Waals surface area contributed by atoms with Crippen molar-refractivity contribution in [3.63, 3.8) is 0 Å². The van der Waals surface area contributed by atoms with Gasteiger partial charge in [-0.2, -0.15) is 15.6 Å². The van der Waals surface area contributed by atoms with E-state index in [0.717, 1.165) is 0 Å². The minimum absolute atomic E-state index is 0.191. The van der Waals surface area contributed by atoms with E-state index in [0.29, 0.717) is 11.3 Å². The molecule has 1 amide bonds. The highest BCUT2D eigenvalue weighted by Gasteiger charge is 2.12. The molecule has 1 aromatic rings. The summed E-state index contributed by atoms with van der Waals surface area (Å²) in [5, 5.41) is 20.7. The van der Waals surface area contributed by atoms with E-state index in [9.17, 15) is 4.79 Å². The highest BCUT2D eigenvalue weighted by molar-refractivity contribution is 6.10. The summed E-state index contributed by atoms with van der Waals surface area (Å²) in [4.78, 5) is 13.3. The van der Waals surface area contributed by atoms with Gasteiger partial charge in [-0.05, 0) is 12.1 Å². The van der Waals surface area contributed by atoms with Crippen LogP contribution in [0.1, 0.15) is 10.4 Å². The number of nitrogens with zero attached hydrogens (tertiary/aromatic N) is 4. The van der Waals surface area contributed by atoms with Crippen LogP contribution in [0.15, 0.2) is 29.4 Å². The maximum absolute atomic E-state index is 11.9. The Hall–Kier alpha value is -2.86. The highest BCUT2D eigenvalue weighted by Crippen LogP contribution is 2.16. The smallest absolute Gasteiger partial charge is 0.255 e. The number of benzene rings is 1. The molecular weight excluding hydrogens is 230 g/mol. The van der Waals surface area contributed by atoms with E-state index >= 15 is 0 Å². The Balaban J connectivity index is 3.05. The predicted molar refractivity (Wildman–Crippen MR) is 66.7 cm³/mol. The van der Waals surface area contributed by atoms with Crippen LogP contribution >= 0.6 is 0 Å². The SMILES string of the molecule is CN(C)C(=O)c1ccccc1NN=C(C#N)C#N. The van der Waals surface area contributed by atoms with Crippen LogP contribution in [0.5, 0.6) is 0 Å². The maximum atomic E-state index is 11.9. The Morgan fingerprint density at radius 2 is 1.89 bits per heavy atom. The van der Waals surface area contributed by atoms with Crippen molar-refractivity contribution < 1.29 is 4.79 Å². The second-order valence-corrected chi connectivity index (χ2v) is 3.54. The molecule has 0 heterocycles. The monoisotopic (exact) mass is 241 g/mol. The number of nitrogens with one attached hydrogen (secondary N) is 1. The van der Waals surface area contributed by atoms with Crippen molar-refractivity contribution in [3.8, 4) is 12.1 Å². The van der Waals surface area contributed by atoms with Crippen molar-refractivity contribution in [2.75, 3.05) is 19.5 Å². The zero-order chi connectivity index (χ0) is 13.5. The van der Waals surface area contributed by atoms with E-state index in [1.807, 2.05) is 0 Å². The van der Waals surface area contributed by atoms with Crippen LogP contribution < -0.4 is 5.43 Å². The third-order valence-electron chi connectivity index (χ3n) is 2.06. The van der Waals surface area contributed by atoms with E-state index < -0.39 is 0 Å². The van der Waals surface area contributed by atoms with Crippen LogP contribution in [0.3, 0.4) is 0 Å². The molecule has 1 N–H and O–H groups in total. The summed E-state index contributed by atoms with van der Waals surface area (Å²) in [6.07, 6.45) is 0. The van der Waals surface area contributed by atoms with Gasteiger partial charge in [0.05, 0.1) is 11.3 Å². The van der Waals surface area contributed by atoms with E-state index in [1.165, 1.54) is 4.90 Å². The average molecular weight is 241 g/mol. The fourth-order valence-corrected chi connectivity index (χ4v) is 1.20. The summed E-state index contributed by atoms with van der Waals surface area (Å²) in [6, 6.07) is 9.98. The van der Waals surface area contributed by atoms with Gasteiger partial charge >= 0.3 is 0 Å². The molecule has 0 saturated carbocycles. The van der Waals surface area contributed by atoms with Gasteiger partial charge in [0.1, 0.15) is 12.1 Å². The Bertz CT molecular complexity index is 547. The first kappa shape index (κ1) is 13.2. The summed E-state index contributed by atoms with van der Waals surface area (Å²) >= 11 is 0. The van der Waals surface area contributed by atoms with Gasteiger partial charge in [0.2, 0.25) is 5.71 Å². The Morgan fingerprint density at radius 1 is 1.28 bits per heavy atom. The Kier molecular flexibility index (Phi) is 4.42. The number of para-hydroxylation sites is 1. The number of hydrogen-bond donors (Lipinski definition) is 1. The normalized spacial score (nSPS) is 8.67. The number of carbonyl (C=O) groups excluding carboxylic acids is 1. The van der Waals surface area contributed by atoms with Crippen LogP contribution in [0.2, 0.25) is 0 Å². The molecule has 0 aliphatic heterocycles. The summed E-state index contributed by atoms with van der Waals surface area (Å²) in [5.74, 6) is -0.191. The van der Waals surface area contributed by atoms with Crippen molar-refractivity contribution in [2.45, 2.75) is 0 Å². The summed E-state index contributed by atoms with van der Waals surface area (Å²) in [5.41, 5.74) is 3.10. The molecule has 1 aromatic carbocycles. The molecule has 0 unspecified atom stereocenters. The quantitative estimate of drug-likeness (QED) is 0.635. The van der Waals surface area contributed by atoms with Crippen LogP contribution in [-0.2, 0) is 0 Å². The highest BCUT2D eigenvalue weighted by atomic mass is 16.2. The number of hydrogen-bond acceptors (Lipinski definition) is 5. The zero-order valence-corrected chi connectivity index (χ0v) is 10.0. The molecular formula is C12H11N5O. The van der Waals surface area contributed by atoms with Crippen molar-refractivity contribution >= 4 is 17.3 Å². The van der Waals surface area contributed by atoms with Crippen LogP contribution in [-0.4, -0.2) is 30.6 Å². The van der Waals surface area contributed by atoms with Gasteiger partial charge in [-0.3, -0.25) is 10.2 Å². The first-order valence-electron chi connectivity index (χ1n) is 5.04. The number of nitriles is 2. The van der Waals surface area contributed by atoms with Gasteiger partial charge in [0, 0.05) is 14.1 Å². The lowest BCUT2D eigenvalue weighted by atomic mass is 10.1. The molecule has 1 rings (SSSR count). The lowest BCUT2D eigenvalue weighted by molar-refractivity contribution is 0.0828. The molecule has 0 aliphatic carbocycles. The molecule has 0 saturated heterocycles. The van der Waals surface area contributed by atoms with E-state index in [4.69, 9.17) is 10.5 Å². The van der Waals surface area contributed by atoms with Gasteiger partial charge in [0.15, 0.2) is 0 Å². The number of carbonyl (C=O) groups is 1. The molecule has 6 nitrogen and oxygen atoms in total. The zero-order valence-electron chi connectivity index (χ0n) is 10.0. The molecule has 90 valence electrons. The Morgan fingerprint density at radius 3 is 2.44 bits per heavy atom. The second-order valence-electron chi connectivity index (χ2n) is 3.54. The molecule has 0 spiro atoms. The van der Waals surface area contributed by atoms with Gasteiger partial charge in [-0.15, -0.1) is 0 Å². The Labute approximate surface area is 105 Å². The predicted octanol–water partition coefficient (Wildman–Crippen LogP) is 1.20. The van der Waals surface area contributed by atoms with E-state index in [2.05, 4.69) is 10.5 Å². The first-order valence-corrected chi connectivity index (χ1v) is 5.04. The van der Waals surface area contributed by atoms with Gasteiger partial charge in [-0.25, -0.2) is 0 Å². The topological polar surface area (TPSA) is 92.3 Å². The van der Waals surface area contributed by atoms with Crippen LogP contribution in [0.4, 0.5) is 5.69 Å². The molecule has 6 heteroatoms. The van der Waals surface area contributed by atoms with Gasteiger partial charge in [-0.1, -0.05) is 12.1 Å². The number of hydrazone groups is 1. The van der Waals surface area contributed by atoms with Gasteiger partial charge < -0.3 is 4.90 Å². The van der Waals surface area contributed by atoms with Crippen molar-refractivity contribution in [3.05, 3.63) is 29.8 Å². The fourth-order valence-electron chi connectivity index (χ4n) is 1.20.